The average molecular weight is 386 g/mol. The van der Waals surface area contributed by atoms with E-state index in [9.17, 15) is 22.8 Å². The Hall–Kier alpha value is -2.09. The number of anilines is 1. The Balaban J connectivity index is 2.57. The number of cyclic esters (lactones) is 1. The van der Waals surface area contributed by atoms with E-state index < -0.39 is 30.3 Å². The maximum atomic E-state index is 13.2. The maximum Gasteiger partial charge on any atom is 0.401 e. The van der Waals surface area contributed by atoms with Crippen molar-refractivity contribution in [3.8, 4) is 0 Å². The molecule has 1 atom stereocenters. The van der Waals surface area contributed by atoms with Gasteiger partial charge < -0.3 is 10.1 Å². The Morgan fingerprint density at radius 2 is 2.00 bits per heavy atom. The number of carbonyl (C=O) groups is 2. The van der Waals surface area contributed by atoms with Crippen molar-refractivity contribution in [3.63, 3.8) is 0 Å². The van der Waals surface area contributed by atoms with E-state index in [0.29, 0.717) is 11.3 Å². The molecule has 1 unspecified atom stereocenters. The van der Waals surface area contributed by atoms with Gasteiger partial charge in [-0.3, -0.25) is 9.69 Å². The molecule has 27 heavy (non-hydrogen) atoms. The van der Waals surface area contributed by atoms with Gasteiger partial charge in [0.1, 0.15) is 11.6 Å². The molecule has 2 rings (SSSR count). The average Bonchev–Trinajstić information content (AvgIpc) is 2.44. The van der Waals surface area contributed by atoms with Crippen LogP contribution in [0.3, 0.4) is 0 Å². The van der Waals surface area contributed by atoms with Crippen LogP contribution >= 0.6 is 0 Å². The lowest BCUT2D eigenvalue weighted by Gasteiger charge is -2.43. The number of ether oxygens (including phenoxy) is 1. The molecule has 150 valence electrons. The molecule has 1 N–H and O–H groups in total. The second kappa shape index (κ2) is 7.50. The predicted molar refractivity (Wildman–Crippen MR) is 95.4 cm³/mol. The van der Waals surface area contributed by atoms with Crippen LogP contribution in [0.1, 0.15) is 57.7 Å². The van der Waals surface area contributed by atoms with Crippen molar-refractivity contribution >= 4 is 17.6 Å². The second-order valence-electron chi connectivity index (χ2n) is 7.79. The zero-order chi connectivity index (χ0) is 20.6. The Labute approximate surface area is 156 Å². The maximum absolute atomic E-state index is 13.2. The predicted octanol–water partition coefficient (Wildman–Crippen LogP) is 4.01. The van der Waals surface area contributed by atoms with Gasteiger partial charge in [0.25, 0.3) is 0 Å². The number of esters is 1. The summed E-state index contributed by atoms with van der Waals surface area (Å²) in [4.78, 5) is 25.3. The second-order valence-corrected chi connectivity index (χ2v) is 7.79. The molecule has 1 aliphatic rings. The molecule has 1 heterocycles. The molecule has 8 heteroatoms. The summed E-state index contributed by atoms with van der Waals surface area (Å²) in [7, 11) is 0. The van der Waals surface area contributed by atoms with Crippen LogP contribution in [-0.2, 0) is 14.3 Å². The Morgan fingerprint density at radius 3 is 2.52 bits per heavy atom. The smallest absolute Gasteiger partial charge is 0.401 e. The van der Waals surface area contributed by atoms with Gasteiger partial charge >= 0.3 is 12.1 Å². The molecule has 0 saturated carbocycles. The van der Waals surface area contributed by atoms with Gasteiger partial charge in [-0.25, -0.2) is 4.79 Å². The lowest BCUT2D eigenvalue weighted by molar-refractivity contribution is -0.196. The van der Waals surface area contributed by atoms with Crippen molar-refractivity contribution in [3.05, 3.63) is 29.3 Å². The first kappa shape index (κ1) is 21.2. The number of carbonyl (C=O) groups excluding carboxylic acids is 2. The Bertz CT molecular complexity index is 727. The van der Waals surface area contributed by atoms with Gasteiger partial charge in [0.2, 0.25) is 5.91 Å². The van der Waals surface area contributed by atoms with Gasteiger partial charge in [-0.1, -0.05) is 26.0 Å². The molecule has 5 nitrogen and oxygen atoms in total. The van der Waals surface area contributed by atoms with Crippen LogP contribution < -0.4 is 5.32 Å². The van der Waals surface area contributed by atoms with Gasteiger partial charge in [-0.2, -0.15) is 13.2 Å². The van der Waals surface area contributed by atoms with E-state index in [1.54, 1.807) is 32.0 Å². The third kappa shape index (κ3) is 5.45. The van der Waals surface area contributed by atoms with Crippen LogP contribution in [0.2, 0.25) is 0 Å². The number of hydrogen-bond acceptors (Lipinski definition) is 4. The lowest BCUT2D eigenvalue weighted by atomic mass is 9.93. The molecule has 1 fully saturated rings. The minimum absolute atomic E-state index is 0.0751. The first-order chi connectivity index (χ1) is 12.3. The minimum atomic E-state index is -4.48. The minimum Gasteiger partial charge on any atom is -0.457 e. The number of benzene rings is 1. The third-order valence-corrected chi connectivity index (χ3v) is 4.28. The standard InChI is InChI=1S/C19H25F3N2O3/c1-11(2)13-6-7-15(23-12(3)25)14(8-13)16-17(26)27-18(4,5)9-24(16)10-19(20,21)22/h6-8,11,16H,9-10H2,1-5H3,(H,23,25). The molecule has 1 saturated heterocycles. The summed E-state index contributed by atoms with van der Waals surface area (Å²) >= 11 is 0. The van der Waals surface area contributed by atoms with Crippen LogP contribution in [0.25, 0.3) is 0 Å². The fourth-order valence-electron chi connectivity index (χ4n) is 3.26. The Morgan fingerprint density at radius 1 is 1.37 bits per heavy atom. The van der Waals surface area contributed by atoms with E-state index in [1.807, 2.05) is 13.8 Å². The summed E-state index contributed by atoms with van der Waals surface area (Å²) in [6, 6.07) is 3.82. The van der Waals surface area contributed by atoms with Crippen molar-refractivity contribution in [2.24, 2.45) is 0 Å². The number of amides is 1. The van der Waals surface area contributed by atoms with Crippen LogP contribution in [0, 0.1) is 0 Å². The highest BCUT2D eigenvalue weighted by Crippen LogP contribution is 2.38. The van der Waals surface area contributed by atoms with Crippen LogP contribution in [0.4, 0.5) is 18.9 Å². The molecular weight excluding hydrogens is 361 g/mol. The van der Waals surface area contributed by atoms with E-state index in [1.165, 1.54) is 6.92 Å². The summed E-state index contributed by atoms with van der Waals surface area (Å²) in [5, 5.41) is 2.61. The topological polar surface area (TPSA) is 58.6 Å². The zero-order valence-corrected chi connectivity index (χ0v) is 16.1. The molecule has 0 radical (unpaired) electrons. The van der Waals surface area contributed by atoms with Gasteiger partial charge in [0.15, 0.2) is 0 Å². The summed E-state index contributed by atoms with van der Waals surface area (Å²) < 4.78 is 44.9. The van der Waals surface area contributed by atoms with Crippen LogP contribution in [0.5, 0.6) is 0 Å². The first-order valence-corrected chi connectivity index (χ1v) is 8.74. The quantitative estimate of drug-likeness (QED) is 0.795. The van der Waals surface area contributed by atoms with Crippen molar-refractivity contribution in [2.45, 2.75) is 58.4 Å². The SMILES string of the molecule is CC(=O)Nc1ccc(C(C)C)cc1C1C(=O)OC(C)(C)CN1CC(F)(F)F. The molecular formula is C19H25F3N2O3. The lowest BCUT2D eigenvalue weighted by Crippen LogP contribution is -2.54. The molecule has 1 aliphatic heterocycles. The summed E-state index contributed by atoms with van der Waals surface area (Å²) in [5.74, 6) is -1.04. The van der Waals surface area contributed by atoms with Crippen molar-refractivity contribution in [1.29, 1.82) is 0 Å². The monoisotopic (exact) mass is 386 g/mol. The number of alkyl halides is 3. The van der Waals surface area contributed by atoms with E-state index >= 15 is 0 Å². The van der Waals surface area contributed by atoms with E-state index in [2.05, 4.69) is 5.32 Å². The van der Waals surface area contributed by atoms with Gasteiger partial charge in [-0.05, 0) is 31.4 Å². The Kier molecular flexibility index (Phi) is 5.89. The highest BCUT2D eigenvalue weighted by molar-refractivity contribution is 5.91. The first-order valence-electron chi connectivity index (χ1n) is 8.74. The number of nitrogens with one attached hydrogen (secondary N) is 1. The number of hydrogen-bond donors (Lipinski definition) is 1. The van der Waals surface area contributed by atoms with Gasteiger partial charge in [0.05, 0.1) is 6.54 Å². The normalized spacial score (nSPS) is 20.5. The molecule has 0 spiro atoms. The fourth-order valence-corrected chi connectivity index (χ4v) is 3.26. The van der Waals surface area contributed by atoms with Crippen LogP contribution in [-0.4, -0.2) is 41.6 Å². The van der Waals surface area contributed by atoms with E-state index in [4.69, 9.17) is 4.74 Å². The summed E-state index contributed by atoms with van der Waals surface area (Å²) in [6.45, 7) is 7.00. The van der Waals surface area contributed by atoms with Gasteiger partial charge in [-0.15, -0.1) is 0 Å². The van der Waals surface area contributed by atoms with Crippen molar-refractivity contribution < 1.29 is 27.5 Å². The largest absolute Gasteiger partial charge is 0.457 e. The summed E-state index contributed by atoms with van der Waals surface area (Å²) in [5.41, 5.74) is 0.424. The summed E-state index contributed by atoms with van der Waals surface area (Å²) in [6.07, 6.45) is -4.48. The number of nitrogens with zero attached hydrogens (tertiary/aromatic N) is 1. The molecule has 0 aliphatic carbocycles. The van der Waals surface area contributed by atoms with E-state index in [-0.39, 0.29) is 18.4 Å². The molecule has 1 amide bonds. The fraction of sp³-hybridized carbons (Fsp3) is 0.579. The highest BCUT2D eigenvalue weighted by Gasteiger charge is 2.46. The molecule has 0 aromatic heterocycles. The van der Waals surface area contributed by atoms with Crippen molar-refractivity contribution in [1.82, 2.24) is 4.90 Å². The third-order valence-electron chi connectivity index (χ3n) is 4.28. The zero-order valence-electron chi connectivity index (χ0n) is 16.1. The van der Waals surface area contributed by atoms with Gasteiger partial charge in [0, 0.05) is 24.7 Å². The molecule has 1 aromatic carbocycles. The molecule has 1 aromatic rings. The highest BCUT2D eigenvalue weighted by atomic mass is 19.4. The van der Waals surface area contributed by atoms with Crippen molar-refractivity contribution in [2.75, 3.05) is 18.4 Å². The number of rotatable bonds is 4. The number of morpholine rings is 1. The number of halogens is 3. The molecule has 0 bridgehead atoms. The van der Waals surface area contributed by atoms with E-state index in [0.717, 1.165) is 10.5 Å². The van der Waals surface area contributed by atoms with Crippen LogP contribution in [0.15, 0.2) is 18.2 Å².